The van der Waals surface area contributed by atoms with Crippen molar-refractivity contribution in [3.63, 3.8) is 0 Å². The summed E-state index contributed by atoms with van der Waals surface area (Å²) in [6.07, 6.45) is 3.82. The van der Waals surface area contributed by atoms with E-state index in [1.807, 2.05) is 0 Å². The van der Waals surface area contributed by atoms with Gasteiger partial charge >= 0.3 is 0 Å². The van der Waals surface area contributed by atoms with Crippen LogP contribution in [0.3, 0.4) is 0 Å². The fourth-order valence-electron chi connectivity index (χ4n) is 2.74. The molecule has 0 aromatic carbocycles. The number of nitrogens with one attached hydrogen (secondary N) is 3. The van der Waals surface area contributed by atoms with Gasteiger partial charge in [-0.15, -0.1) is 10.2 Å². The van der Waals surface area contributed by atoms with E-state index in [2.05, 4.69) is 26.1 Å². The van der Waals surface area contributed by atoms with Crippen LogP contribution < -0.4 is 16.0 Å². The molecular formula is C12H19N5O2. The van der Waals surface area contributed by atoms with Crippen molar-refractivity contribution < 1.29 is 9.21 Å². The van der Waals surface area contributed by atoms with Gasteiger partial charge in [-0.1, -0.05) is 0 Å². The van der Waals surface area contributed by atoms with Gasteiger partial charge in [-0.05, 0) is 32.2 Å². The number of nitrogens with zero attached hydrogens (tertiary/aromatic N) is 2. The Kier molecular flexibility index (Phi) is 3.48. The molecule has 2 aliphatic heterocycles. The highest BCUT2D eigenvalue weighted by Gasteiger charge is 2.33. The average molecular weight is 265 g/mol. The number of hydrogen-bond acceptors (Lipinski definition) is 6. The van der Waals surface area contributed by atoms with Crippen molar-refractivity contribution in [2.45, 2.75) is 43.8 Å². The van der Waals surface area contributed by atoms with Gasteiger partial charge in [0.1, 0.15) is 0 Å². The predicted octanol–water partition coefficient (Wildman–Crippen LogP) is 0.0332. The topological polar surface area (TPSA) is 92.1 Å². The van der Waals surface area contributed by atoms with Gasteiger partial charge in [0, 0.05) is 7.05 Å². The van der Waals surface area contributed by atoms with Crippen LogP contribution >= 0.6 is 0 Å². The second-order valence-corrected chi connectivity index (χ2v) is 5.09. The molecule has 3 unspecified atom stereocenters. The Balaban J connectivity index is 1.65. The Hall–Kier alpha value is -1.47. The zero-order chi connectivity index (χ0) is 13.2. The SMILES string of the molecule is CNC(=O)C1CCC(c2nnc(C3CCCN3)o2)N1. The standard InChI is InChI=1S/C12H19N5O2/c1-13-10(18)7-4-5-9(15-7)12-17-16-11(19-12)8-3-2-6-14-8/h7-9,14-15H,2-6H2,1H3,(H,13,18). The van der Waals surface area contributed by atoms with Crippen LogP contribution in [-0.4, -0.2) is 35.7 Å². The molecule has 0 saturated carbocycles. The minimum atomic E-state index is -0.157. The van der Waals surface area contributed by atoms with Crippen LogP contribution in [0, 0.1) is 0 Å². The largest absolute Gasteiger partial charge is 0.422 e. The Bertz CT molecular complexity index is 455. The zero-order valence-corrected chi connectivity index (χ0v) is 11.0. The van der Waals surface area contributed by atoms with Crippen molar-refractivity contribution in [3.8, 4) is 0 Å². The highest BCUT2D eigenvalue weighted by molar-refractivity contribution is 5.81. The van der Waals surface area contributed by atoms with E-state index in [9.17, 15) is 4.79 Å². The summed E-state index contributed by atoms with van der Waals surface area (Å²) in [5, 5.41) is 17.4. The summed E-state index contributed by atoms with van der Waals surface area (Å²) < 4.78 is 5.73. The molecule has 3 atom stereocenters. The summed E-state index contributed by atoms with van der Waals surface area (Å²) >= 11 is 0. The molecule has 2 fully saturated rings. The number of amides is 1. The van der Waals surface area contributed by atoms with Crippen LogP contribution in [0.25, 0.3) is 0 Å². The van der Waals surface area contributed by atoms with E-state index in [0.717, 1.165) is 32.2 Å². The number of carbonyl (C=O) groups excluding carboxylic acids is 1. The van der Waals surface area contributed by atoms with Crippen molar-refractivity contribution in [3.05, 3.63) is 11.8 Å². The summed E-state index contributed by atoms with van der Waals surface area (Å²) in [6.45, 7) is 1.00. The minimum absolute atomic E-state index is 0.00930. The molecule has 0 aliphatic carbocycles. The molecule has 1 aromatic rings. The van der Waals surface area contributed by atoms with Gasteiger partial charge in [0.15, 0.2) is 0 Å². The smallest absolute Gasteiger partial charge is 0.236 e. The second-order valence-electron chi connectivity index (χ2n) is 5.09. The lowest BCUT2D eigenvalue weighted by atomic mass is 10.2. The lowest BCUT2D eigenvalue weighted by Crippen LogP contribution is -2.39. The number of likely N-dealkylation sites (N-methyl/N-ethyl adjacent to an activating group) is 1. The summed E-state index contributed by atoms with van der Waals surface area (Å²) in [7, 11) is 1.65. The lowest BCUT2D eigenvalue weighted by Gasteiger charge is -2.10. The second kappa shape index (κ2) is 5.26. The summed E-state index contributed by atoms with van der Waals surface area (Å²) in [5.41, 5.74) is 0. The Morgan fingerprint density at radius 1 is 1.26 bits per heavy atom. The average Bonchev–Trinajstić information content (AvgIpc) is 3.14. The molecule has 1 aromatic heterocycles. The van der Waals surface area contributed by atoms with Crippen LogP contribution in [0.5, 0.6) is 0 Å². The van der Waals surface area contributed by atoms with Gasteiger partial charge in [-0.3, -0.25) is 10.1 Å². The number of hydrogen-bond donors (Lipinski definition) is 3. The highest BCUT2D eigenvalue weighted by atomic mass is 16.4. The molecule has 1 amide bonds. The first-order valence-corrected chi connectivity index (χ1v) is 6.82. The summed E-state index contributed by atoms with van der Waals surface area (Å²) in [4.78, 5) is 11.6. The van der Waals surface area contributed by atoms with Crippen molar-refractivity contribution in [1.82, 2.24) is 26.1 Å². The van der Waals surface area contributed by atoms with Gasteiger partial charge in [0.2, 0.25) is 17.7 Å². The van der Waals surface area contributed by atoms with Crippen LogP contribution in [-0.2, 0) is 4.79 Å². The predicted molar refractivity (Wildman–Crippen MR) is 67.2 cm³/mol. The molecule has 2 aliphatic rings. The van der Waals surface area contributed by atoms with E-state index in [1.54, 1.807) is 7.05 Å². The first-order valence-electron chi connectivity index (χ1n) is 6.82. The number of aromatic nitrogens is 2. The molecule has 3 rings (SSSR count). The minimum Gasteiger partial charge on any atom is -0.422 e. The van der Waals surface area contributed by atoms with Crippen molar-refractivity contribution in [2.24, 2.45) is 0 Å². The third kappa shape index (κ3) is 2.48. The normalized spacial score (nSPS) is 30.7. The fourth-order valence-corrected chi connectivity index (χ4v) is 2.74. The quantitative estimate of drug-likeness (QED) is 0.714. The van der Waals surface area contributed by atoms with E-state index in [0.29, 0.717) is 11.8 Å². The fraction of sp³-hybridized carbons (Fsp3) is 0.750. The van der Waals surface area contributed by atoms with Gasteiger partial charge in [-0.2, -0.15) is 0 Å². The zero-order valence-electron chi connectivity index (χ0n) is 11.0. The maximum absolute atomic E-state index is 11.6. The molecule has 0 radical (unpaired) electrons. The van der Waals surface area contributed by atoms with Gasteiger partial charge in [-0.25, -0.2) is 0 Å². The van der Waals surface area contributed by atoms with E-state index in [1.165, 1.54) is 0 Å². The first-order chi connectivity index (χ1) is 9.28. The monoisotopic (exact) mass is 265 g/mol. The van der Waals surface area contributed by atoms with Gasteiger partial charge in [0.05, 0.1) is 18.1 Å². The maximum atomic E-state index is 11.6. The lowest BCUT2D eigenvalue weighted by molar-refractivity contribution is -0.122. The van der Waals surface area contributed by atoms with E-state index in [4.69, 9.17) is 4.42 Å². The molecule has 0 spiro atoms. The third-order valence-electron chi connectivity index (χ3n) is 3.82. The van der Waals surface area contributed by atoms with Crippen molar-refractivity contribution in [2.75, 3.05) is 13.6 Å². The molecule has 7 nitrogen and oxygen atoms in total. The molecule has 2 saturated heterocycles. The third-order valence-corrected chi connectivity index (χ3v) is 3.82. The van der Waals surface area contributed by atoms with Crippen LogP contribution in [0.2, 0.25) is 0 Å². The summed E-state index contributed by atoms with van der Waals surface area (Å²) in [6, 6.07) is 0.0253. The van der Waals surface area contributed by atoms with Crippen LogP contribution in [0.1, 0.15) is 49.5 Å². The molecule has 3 N–H and O–H groups in total. The van der Waals surface area contributed by atoms with Gasteiger partial charge in [0.25, 0.3) is 0 Å². The Labute approximate surface area is 111 Å². The van der Waals surface area contributed by atoms with Crippen molar-refractivity contribution >= 4 is 5.91 Å². The van der Waals surface area contributed by atoms with Crippen LogP contribution in [0.15, 0.2) is 4.42 Å². The van der Waals surface area contributed by atoms with E-state index in [-0.39, 0.29) is 24.0 Å². The highest BCUT2D eigenvalue weighted by Crippen LogP contribution is 2.28. The molecule has 7 heteroatoms. The van der Waals surface area contributed by atoms with Crippen LogP contribution in [0.4, 0.5) is 0 Å². The first kappa shape index (κ1) is 12.6. The molecule has 3 heterocycles. The molecule has 104 valence electrons. The van der Waals surface area contributed by atoms with Gasteiger partial charge < -0.3 is 15.1 Å². The molecular weight excluding hydrogens is 246 g/mol. The molecule has 19 heavy (non-hydrogen) atoms. The van der Waals surface area contributed by atoms with Crippen molar-refractivity contribution in [1.29, 1.82) is 0 Å². The number of carbonyl (C=O) groups is 1. The Morgan fingerprint density at radius 2 is 2.05 bits per heavy atom. The van der Waals surface area contributed by atoms with E-state index < -0.39 is 0 Å². The molecule has 0 bridgehead atoms. The Morgan fingerprint density at radius 3 is 2.74 bits per heavy atom. The van der Waals surface area contributed by atoms with E-state index >= 15 is 0 Å². The number of rotatable bonds is 3. The maximum Gasteiger partial charge on any atom is 0.236 e. The summed E-state index contributed by atoms with van der Waals surface area (Å²) in [5.74, 6) is 1.27.